The van der Waals surface area contributed by atoms with Crippen LogP contribution in [0.3, 0.4) is 0 Å². The van der Waals surface area contributed by atoms with Gasteiger partial charge in [-0.3, -0.25) is 4.90 Å². The largest absolute Gasteiger partial charge is 0.486 e. The Morgan fingerprint density at radius 2 is 1.90 bits per heavy atom. The molecule has 0 aromatic heterocycles. The predicted molar refractivity (Wildman–Crippen MR) is 82.4 cm³/mol. The van der Waals surface area contributed by atoms with Crippen LogP contribution in [0.2, 0.25) is 0 Å². The number of fused-ring (bicyclic) bond motifs is 1. The molecule has 3 rings (SSSR count). The monoisotopic (exact) mass is 292 g/mol. The van der Waals surface area contributed by atoms with Crippen LogP contribution in [0, 0.1) is 0 Å². The zero-order valence-electron chi connectivity index (χ0n) is 12.6. The standard InChI is InChI=1S/C16H24N2O3/c1-2-13(19)12-17-6-8-18(9-7-17)14-4-3-5-15-16(14)21-11-10-20-15/h3-5,13,19H,2,6-12H2,1H3. The highest BCUT2D eigenvalue weighted by Crippen LogP contribution is 2.39. The molecule has 5 nitrogen and oxygen atoms in total. The van der Waals surface area contributed by atoms with Crippen molar-refractivity contribution in [3.63, 3.8) is 0 Å². The van der Waals surface area contributed by atoms with Gasteiger partial charge in [0.05, 0.1) is 11.8 Å². The summed E-state index contributed by atoms with van der Waals surface area (Å²) in [5.74, 6) is 1.73. The molecule has 0 spiro atoms. The molecule has 1 N–H and O–H groups in total. The number of aliphatic hydroxyl groups is 1. The summed E-state index contributed by atoms with van der Waals surface area (Å²) in [4.78, 5) is 4.68. The maximum atomic E-state index is 9.76. The Balaban J connectivity index is 1.65. The number of hydrogen-bond acceptors (Lipinski definition) is 5. The fraction of sp³-hybridized carbons (Fsp3) is 0.625. The Morgan fingerprint density at radius 1 is 1.14 bits per heavy atom. The number of piperazine rings is 1. The van der Waals surface area contributed by atoms with Crippen molar-refractivity contribution in [3.05, 3.63) is 18.2 Å². The van der Waals surface area contributed by atoms with Crippen molar-refractivity contribution in [2.75, 3.05) is 50.8 Å². The first kappa shape index (κ1) is 14.5. The van der Waals surface area contributed by atoms with Crippen LogP contribution in [0.4, 0.5) is 5.69 Å². The van der Waals surface area contributed by atoms with Gasteiger partial charge in [-0.25, -0.2) is 0 Å². The van der Waals surface area contributed by atoms with Crippen LogP contribution in [0.15, 0.2) is 18.2 Å². The van der Waals surface area contributed by atoms with Gasteiger partial charge in [-0.1, -0.05) is 13.0 Å². The van der Waals surface area contributed by atoms with E-state index >= 15 is 0 Å². The van der Waals surface area contributed by atoms with Crippen molar-refractivity contribution in [1.29, 1.82) is 0 Å². The van der Waals surface area contributed by atoms with Gasteiger partial charge < -0.3 is 19.5 Å². The van der Waals surface area contributed by atoms with Gasteiger partial charge in [-0.15, -0.1) is 0 Å². The van der Waals surface area contributed by atoms with E-state index in [0.717, 1.165) is 56.3 Å². The average Bonchev–Trinajstić information content (AvgIpc) is 2.55. The fourth-order valence-electron chi connectivity index (χ4n) is 2.91. The molecule has 21 heavy (non-hydrogen) atoms. The number of anilines is 1. The SMILES string of the molecule is CCC(O)CN1CCN(c2cccc3c2OCCO3)CC1. The second kappa shape index (κ2) is 6.54. The summed E-state index contributed by atoms with van der Waals surface area (Å²) >= 11 is 0. The van der Waals surface area contributed by atoms with Crippen LogP contribution in [-0.4, -0.2) is 62.0 Å². The van der Waals surface area contributed by atoms with E-state index in [9.17, 15) is 5.11 Å². The Kier molecular flexibility index (Phi) is 4.51. The number of para-hydroxylation sites is 1. The number of nitrogens with zero attached hydrogens (tertiary/aromatic N) is 2. The number of hydrogen-bond donors (Lipinski definition) is 1. The second-order valence-corrected chi connectivity index (χ2v) is 5.65. The van der Waals surface area contributed by atoms with Crippen LogP contribution < -0.4 is 14.4 Å². The van der Waals surface area contributed by atoms with Crippen molar-refractivity contribution in [1.82, 2.24) is 4.90 Å². The van der Waals surface area contributed by atoms with E-state index in [1.807, 2.05) is 19.1 Å². The minimum atomic E-state index is -0.210. The third-order valence-electron chi connectivity index (χ3n) is 4.20. The molecule has 0 amide bonds. The zero-order chi connectivity index (χ0) is 14.7. The zero-order valence-corrected chi connectivity index (χ0v) is 12.6. The van der Waals surface area contributed by atoms with E-state index in [2.05, 4.69) is 15.9 Å². The van der Waals surface area contributed by atoms with E-state index in [1.54, 1.807) is 0 Å². The lowest BCUT2D eigenvalue weighted by molar-refractivity contribution is 0.106. The summed E-state index contributed by atoms with van der Waals surface area (Å²) < 4.78 is 11.4. The molecule has 1 saturated heterocycles. The summed E-state index contributed by atoms with van der Waals surface area (Å²) in [6, 6.07) is 6.09. The van der Waals surface area contributed by atoms with Crippen molar-refractivity contribution in [2.45, 2.75) is 19.4 Å². The molecule has 1 unspecified atom stereocenters. The summed E-state index contributed by atoms with van der Waals surface area (Å²) in [5.41, 5.74) is 1.13. The molecular weight excluding hydrogens is 268 g/mol. The van der Waals surface area contributed by atoms with Crippen LogP contribution in [0.25, 0.3) is 0 Å². The van der Waals surface area contributed by atoms with E-state index < -0.39 is 0 Å². The lowest BCUT2D eigenvalue weighted by atomic mass is 10.2. The molecule has 1 aromatic carbocycles. The molecule has 2 aliphatic rings. The maximum Gasteiger partial charge on any atom is 0.184 e. The van der Waals surface area contributed by atoms with Gasteiger partial charge in [0.2, 0.25) is 0 Å². The smallest absolute Gasteiger partial charge is 0.184 e. The number of aliphatic hydroxyl groups excluding tert-OH is 1. The summed E-state index contributed by atoms with van der Waals surface area (Å²) in [7, 11) is 0. The van der Waals surface area contributed by atoms with Gasteiger partial charge in [0.1, 0.15) is 13.2 Å². The number of rotatable bonds is 4. The van der Waals surface area contributed by atoms with Gasteiger partial charge in [0.15, 0.2) is 11.5 Å². The molecule has 116 valence electrons. The second-order valence-electron chi connectivity index (χ2n) is 5.65. The van der Waals surface area contributed by atoms with E-state index in [-0.39, 0.29) is 6.10 Å². The molecule has 1 atom stereocenters. The third kappa shape index (κ3) is 3.24. The topological polar surface area (TPSA) is 45.2 Å². The molecular formula is C16H24N2O3. The molecule has 1 fully saturated rings. The molecule has 0 saturated carbocycles. The van der Waals surface area contributed by atoms with Gasteiger partial charge in [-0.2, -0.15) is 0 Å². The molecule has 2 aliphatic heterocycles. The molecule has 0 radical (unpaired) electrons. The normalized spacial score (nSPS) is 20.4. The Labute approximate surface area is 126 Å². The number of β-amino-alcohol motifs (C(OH)–C–C–N with tert-alkyl or cyclic N) is 1. The van der Waals surface area contributed by atoms with Crippen molar-refractivity contribution >= 4 is 5.69 Å². The van der Waals surface area contributed by atoms with Crippen molar-refractivity contribution < 1.29 is 14.6 Å². The quantitative estimate of drug-likeness (QED) is 0.907. The van der Waals surface area contributed by atoms with E-state index in [4.69, 9.17) is 9.47 Å². The van der Waals surface area contributed by atoms with Crippen molar-refractivity contribution in [3.8, 4) is 11.5 Å². The Hall–Kier alpha value is -1.46. The first-order valence-corrected chi connectivity index (χ1v) is 7.82. The van der Waals surface area contributed by atoms with Gasteiger partial charge in [0.25, 0.3) is 0 Å². The molecule has 0 bridgehead atoms. The molecule has 0 aliphatic carbocycles. The van der Waals surface area contributed by atoms with Crippen LogP contribution in [-0.2, 0) is 0 Å². The highest BCUT2D eigenvalue weighted by molar-refractivity contribution is 5.65. The Bertz CT molecular complexity index is 473. The van der Waals surface area contributed by atoms with Crippen LogP contribution in [0.5, 0.6) is 11.5 Å². The highest BCUT2D eigenvalue weighted by atomic mass is 16.6. The molecule has 5 heteroatoms. The highest BCUT2D eigenvalue weighted by Gasteiger charge is 2.24. The van der Waals surface area contributed by atoms with Crippen molar-refractivity contribution in [2.24, 2.45) is 0 Å². The molecule has 1 aromatic rings. The van der Waals surface area contributed by atoms with E-state index in [0.29, 0.717) is 13.2 Å². The number of benzene rings is 1. The lowest BCUT2D eigenvalue weighted by Gasteiger charge is -2.38. The Morgan fingerprint density at radius 3 is 2.67 bits per heavy atom. The minimum Gasteiger partial charge on any atom is -0.486 e. The first-order chi connectivity index (χ1) is 10.3. The van der Waals surface area contributed by atoms with Crippen LogP contribution >= 0.6 is 0 Å². The lowest BCUT2D eigenvalue weighted by Crippen LogP contribution is -2.48. The fourth-order valence-corrected chi connectivity index (χ4v) is 2.91. The predicted octanol–water partition coefficient (Wildman–Crippen LogP) is 1.35. The third-order valence-corrected chi connectivity index (χ3v) is 4.20. The molecule has 2 heterocycles. The summed E-state index contributed by atoms with van der Waals surface area (Å²) in [5, 5.41) is 9.76. The van der Waals surface area contributed by atoms with Crippen LogP contribution in [0.1, 0.15) is 13.3 Å². The van der Waals surface area contributed by atoms with E-state index in [1.165, 1.54) is 0 Å². The number of ether oxygens (including phenoxy) is 2. The summed E-state index contributed by atoms with van der Waals surface area (Å²) in [6.07, 6.45) is 0.607. The maximum absolute atomic E-state index is 9.76. The first-order valence-electron chi connectivity index (χ1n) is 7.82. The van der Waals surface area contributed by atoms with Gasteiger partial charge in [0, 0.05) is 32.7 Å². The summed E-state index contributed by atoms with van der Waals surface area (Å²) in [6.45, 7) is 7.90. The minimum absolute atomic E-state index is 0.210. The van der Waals surface area contributed by atoms with Gasteiger partial charge in [-0.05, 0) is 18.6 Å². The average molecular weight is 292 g/mol. The van der Waals surface area contributed by atoms with Gasteiger partial charge >= 0.3 is 0 Å².